The largest absolute Gasteiger partial charge is 0.496 e. The molecular formula is C19H24N3O5S+. The number of nitro groups is 1. The van der Waals surface area contributed by atoms with E-state index in [0.29, 0.717) is 26.2 Å². The lowest BCUT2D eigenvalue weighted by atomic mass is 10.1. The minimum atomic E-state index is -3.74. The first-order chi connectivity index (χ1) is 13.3. The van der Waals surface area contributed by atoms with E-state index < -0.39 is 14.9 Å². The molecule has 0 bridgehead atoms. The summed E-state index contributed by atoms with van der Waals surface area (Å²) in [6.45, 7) is 4.84. The average molecular weight is 406 g/mol. The predicted octanol–water partition coefficient (Wildman–Crippen LogP) is 1.00. The van der Waals surface area contributed by atoms with Gasteiger partial charge in [0.2, 0.25) is 10.0 Å². The van der Waals surface area contributed by atoms with Crippen LogP contribution in [0.2, 0.25) is 0 Å². The maximum absolute atomic E-state index is 12.8. The van der Waals surface area contributed by atoms with Crippen LogP contribution in [0.3, 0.4) is 0 Å². The van der Waals surface area contributed by atoms with E-state index in [0.717, 1.165) is 29.5 Å². The maximum Gasteiger partial charge on any atom is 0.270 e. The molecule has 2 aromatic carbocycles. The van der Waals surface area contributed by atoms with Crippen molar-refractivity contribution in [3.05, 3.63) is 63.7 Å². The molecule has 0 spiro atoms. The molecular weight excluding hydrogens is 382 g/mol. The van der Waals surface area contributed by atoms with Crippen LogP contribution in [0.5, 0.6) is 5.75 Å². The van der Waals surface area contributed by atoms with Crippen LogP contribution in [0.15, 0.2) is 47.4 Å². The molecule has 1 saturated heterocycles. The van der Waals surface area contributed by atoms with Gasteiger partial charge in [-0.25, -0.2) is 8.42 Å². The molecule has 0 aromatic heterocycles. The molecule has 0 radical (unpaired) electrons. The average Bonchev–Trinajstić information content (AvgIpc) is 2.69. The minimum Gasteiger partial charge on any atom is -0.496 e. The highest BCUT2D eigenvalue weighted by molar-refractivity contribution is 7.89. The Morgan fingerprint density at radius 2 is 1.89 bits per heavy atom. The lowest BCUT2D eigenvalue weighted by Crippen LogP contribution is -3.13. The summed E-state index contributed by atoms with van der Waals surface area (Å²) in [5.41, 5.74) is 2.03. The number of nitro benzene ring substituents is 1. The number of benzene rings is 2. The van der Waals surface area contributed by atoms with E-state index in [9.17, 15) is 18.5 Å². The van der Waals surface area contributed by atoms with Gasteiger partial charge in [-0.1, -0.05) is 17.7 Å². The van der Waals surface area contributed by atoms with Gasteiger partial charge < -0.3 is 9.64 Å². The van der Waals surface area contributed by atoms with E-state index >= 15 is 0 Å². The first-order valence-electron chi connectivity index (χ1n) is 9.03. The normalized spacial score (nSPS) is 16.1. The molecule has 28 heavy (non-hydrogen) atoms. The van der Waals surface area contributed by atoms with Crippen LogP contribution < -0.4 is 9.64 Å². The highest BCUT2D eigenvalue weighted by Gasteiger charge is 2.31. The Morgan fingerprint density at radius 3 is 2.54 bits per heavy atom. The number of nitrogens with zero attached hydrogens (tertiary/aromatic N) is 2. The lowest BCUT2D eigenvalue weighted by Gasteiger charge is -2.31. The van der Waals surface area contributed by atoms with Gasteiger partial charge in [0, 0.05) is 17.7 Å². The highest BCUT2D eigenvalue weighted by Crippen LogP contribution is 2.21. The van der Waals surface area contributed by atoms with Gasteiger partial charge in [0.1, 0.15) is 12.3 Å². The van der Waals surface area contributed by atoms with Gasteiger partial charge in [-0.2, -0.15) is 4.31 Å². The molecule has 3 rings (SSSR count). The second kappa shape index (κ2) is 8.26. The fourth-order valence-electron chi connectivity index (χ4n) is 3.44. The Labute approximate surface area is 164 Å². The molecule has 0 saturated carbocycles. The molecule has 1 N–H and O–H groups in total. The van der Waals surface area contributed by atoms with Crippen molar-refractivity contribution in [1.29, 1.82) is 0 Å². The molecule has 8 nitrogen and oxygen atoms in total. The highest BCUT2D eigenvalue weighted by atomic mass is 32.2. The summed E-state index contributed by atoms with van der Waals surface area (Å²) >= 11 is 0. The molecule has 9 heteroatoms. The molecule has 1 aliphatic heterocycles. The monoisotopic (exact) mass is 406 g/mol. The first-order valence-corrected chi connectivity index (χ1v) is 10.5. The number of quaternary nitrogens is 1. The van der Waals surface area contributed by atoms with E-state index in [-0.39, 0.29) is 10.6 Å². The van der Waals surface area contributed by atoms with Crippen LogP contribution >= 0.6 is 0 Å². The molecule has 0 atom stereocenters. The number of nitrogens with one attached hydrogen (secondary N) is 1. The molecule has 0 amide bonds. The zero-order valence-electron chi connectivity index (χ0n) is 15.9. The fraction of sp³-hybridized carbons (Fsp3) is 0.368. The number of aryl methyl sites for hydroxylation is 1. The van der Waals surface area contributed by atoms with Crippen LogP contribution in [-0.4, -0.2) is 50.9 Å². The Bertz CT molecular complexity index is 969. The van der Waals surface area contributed by atoms with Crippen LogP contribution in [0, 0.1) is 17.0 Å². The van der Waals surface area contributed by atoms with Crippen LogP contribution in [-0.2, 0) is 16.6 Å². The second-order valence-electron chi connectivity index (χ2n) is 6.90. The Kier molecular flexibility index (Phi) is 5.97. The third-order valence-electron chi connectivity index (χ3n) is 4.97. The van der Waals surface area contributed by atoms with E-state index in [1.807, 2.05) is 19.1 Å². The van der Waals surface area contributed by atoms with Crippen molar-refractivity contribution < 1.29 is 23.0 Å². The summed E-state index contributed by atoms with van der Waals surface area (Å²) in [6.07, 6.45) is 0. The number of rotatable bonds is 6. The smallest absolute Gasteiger partial charge is 0.270 e. The lowest BCUT2D eigenvalue weighted by molar-refractivity contribution is -0.917. The molecule has 150 valence electrons. The standard InChI is InChI=1S/C19H23N3O5S/c1-15-6-7-19(27-2)16(12-15)14-20-8-10-21(11-9-20)28(25,26)18-5-3-4-17(13-18)22(23)24/h3-7,12-13H,8-11,14H2,1-2H3/p+1. The van der Waals surface area contributed by atoms with Crippen molar-refractivity contribution in [3.8, 4) is 5.75 Å². The number of non-ortho nitro benzene ring substituents is 1. The van der Waals surface area contributed by atoms with Gasteiger partial charge in [0.25, 0.3) is 5.69 Å². The quantitative estimate of drug-likeness (QED) is 0.571. The van der Waals surface area contributed by atoms with Crippen LogP contribution in [0.25, 0.3) is 0 Å². The number of hydrogen-bond acceptors (Lipinski definition) is 5. The van der Waals surface area contributed by atoms with Crippen molar-refractivity contribution in [3.63, 3.8) is 0 Å². The number of piperazine rings is 1. The SMILES string of the molecule is COc1ccc(C)cc1C[NH+]1CCN(S(=O)(=O)c2cccc([N+](=O)[O-])c2)CC1. The zero-order valence-corrected chi connectivity index (χ0v) is 16.7. The summed E-state index contributed by atoms with van der Waals surface area (Å²) in [6, 6.07) is 11.3. The zero-order chi connectivity index (χ0) is 20.3. The number of hydrogen-bond donors (Lipinski definition) is 1. The van der Waals surface area contributed by atoms with Crippen LogP contribution in [0.1, 0.15) is 11.1 Å². The first kappa shape index (κ1) is 20.2. The van der Waals surface area contributed by atoms with E-state index in [2.05, 4.69) is 6.07 Å². The Hall–Kier alpha value is -2.49. The summed E-state index contributed by atoms with van der Waals surface area (Å²) < 4.78 is 32.5. The topological polar surface area (TPSA) is 94.2 Å². The van der Waals surface area contributed by atoms with Gasteiger partial charge in [-0.05, 0) is 25.1 Å². The summed E-state index contributed by atoms with van der Waals surface area (Å²) in [7, 11) is -2.10. The third kappa shape index (κ3) is 4.32. The summed E-state index contributed by atoms with van der Waals surface area (Å²) in [5.74, 6) is 0.838. The molecule has 1 heterocycles. The van der Waals surface area contributed by atoms with Gasteiger partial charge >= 0.3 is 0 Å². The number of sulfonamides is 1. The van der Waals surface area contributed by atoms with E-state index in [1.165, 1.54) is 27.4 Å². The molecule has 1 fully saturated rings. The fourth-order valence-corrected chi connectivity index (χ4v) is 4.92. The van der Waals surface area contributed by atoms with Gasteiger partial charge in [-0.3, -0.25) is 10.1 Å². The van der Waals surface area contributed by atoms with Crippen molar-refractivity contribution in [2.24, 2.45) is 0 Å². The van der Waals surface area contributed by atoms with E-state index in [4.69, 9.17) is 4.74 Å². The molecule has 0 unspecified atom stereocenters. The minimum absolute atomic E-state index is 0.0366. The summed E-state index contributed by atoms with van der Waals surface area (Å²) in [4.78, 5) is 11.6. The maximum atomic E-state index is 12.8. The van der Waals surface area contributed by atoms with Crippen molar-refractivity contribution >= 4 is 15.7 Å². The number of methoxy groups -OCH3 is 1. The summed E-state index contributed by atoms with van der Waals surface area (Å²) in [5, 5.41) is 10.9. The van der Waals surface area contributed by atoms with Gasteiger partial charge in [0.15, 0.2) is 0 Å². The second-order valence-corrected chi connectivity index (χ2v) is 8.84. The van der Waals surface area contributed by atoms with Crippen LogP contribution in [0.4, 0.5) is 5.69 Å². The van der Waals surface area contributed by atoms with Crippen molar-refractivity contribution in [2.75, 3.05) is 33.3 Å². The van der Waals surface area contributed by atoms with Crippen molar-refractivity contribution in [2.45, 2.75) is 18.4 Å². The predicted molar refractivity (Wildman–Crippen MR) is 104 cm³/mol. The molecule has 2 aromatic rings. The molecule has 0 aliphatic carbocycles. The van der Waals surface area contributed by atoms with Crippen molar-refractivity contribution in [1.82, 2.24) is 4.31 Å². The third-order valence-corrected chi connectivity index (χ3v) is 6.87. The Morgan fingerprint density at radius 1 is 1.18 bits per heavy atom. The Balaban J connectivity index is 1.69. The molecule has 1 aliphatic rings. The van der Waals surface area contributed by atoms with E-state index in [1.54, 1.807) is 7.11 Å². The van der Waals surface area contributed by atoms with Gasteiger partial charge in [0.05, 0.1) is 43.1 Å². The van der Waals surface area contributed by atoms with Gasteiger partial charge in [-0.15, -0.1) is 0 Å². The number of ether oxygens (including phenoxy) is 1.